The van der Waals surface area contributed by atoms with E-state index in [2.05, 4.69) is 0 Å². The van der Waals surface area contributed by atoms with Gasteiger partial charge in [0, 0.05) is 11.3 Å². The van der Waals surface area contributed by atoms with Crippen LogP contribution in [0.25, 0.3) is 21.6 Å². The Hall–Kier alpha value is -2.70. The molecule has 0 saturated carbocycles. The number of carbonyl (C=O) groups is 2. The third-order valence-electron chi connectivity index (χ3n) is 5.13. The average molecular weight is 467 g/mol. The van der Waals surface area contributed by atoms with Gasteiger partial charge < -0.3 is 9.84 Å². The molecule has 4 nitrogen and oxygen atoms in total. The number of ether oxygens (including phenoxy) is 1. The molecule has 0 spiro atoms. The van der Waals surface area contributed by atoms with Gasteiger partial charge in [-0.1, -0.05) is 66.7 Å². The number of carbonyl (C=O) groups excluding carboxylic acids is 1. The first-order valence-corrected chi connectivity index (χ1v) is 11.1. The second-order valence-corrected chi connectivity index (χ2v) is 8.54. The number of carboxylic acid groups (broad SMARTS) is 1. The van der Waals surface area contributed by atoms with Crippen molar-refractivity contribution in [3.63, 3.8) is 0 Å². The first-order valence-electron chi connectivity index (χ1n) is 10.2. The fourth-order valence-corrected chi connectivity index (χ4v) is 4.31. The van der Waals surface area contributed by atoms with Crippen molar-refractivity contribution in [3.05, 3.63) is 101 Å². The number of ketones is 1. The molecular formula is C27H23NaO4S. The molecule has 0 radical (unpaired) electrons. The van der Waals surface area contributed by atoms with Crippen LogP contribution in [0.4, 0.5) is 0 Å². The molecule has 0 bridgehead atoms. The monoisotopic (exact) mass is 466 g/mol. The van der Waals surface area contributed by atoms with E-state index >= 15 is 0 Å². The van der Waals surface area contributed by atoms with Gasteiger partial charge >= 0.3 is 35.5 Å². The zero-order valence-corrected chi connectivity index (χ0v) is 18.3. The Bertz CT molecular complexity index is 1220. The number of hydrogen-bond acceptors (Lipinski definition) is 4. The fraction of sp³-hybridized carbons (Fsp3) is 0.111. The molecule has 1 heterocycles. The average Bonchev–Trinajstić information content (AvgIpc) is 3.31. The van der Waals surface area contributed by atoms with Crippen LogP contribution < -0.4 is 4.74 Å². The zero-order chi connectivity index (χ0) is 22.5. The van der Waals surface area contributed by atoms with E-state index < -0.39 is 12.1 Å². The quantitative estimate of drug-likeness (QED) is 0.267. The van der Waals surface area contributed by atoms with Gasteiger partial charge in [-0.2, -0.15) is 0 Å². The molecule has 1 aromatic heterocycles. The Morgan fingerprint density at radius 3 is 1.94 bits per heavy atom. The predicted octanol–water partition coefficient (Wildman–Crippen LogP) is 5.71. The normalized spacial score (nSPS) is 11.3. The first kappa shape index (κ1) is 24.9. The molecule has 3 aromatic carbocycles. The van der Waals surface area contributed by atoms with Gasteiger partial charge in [-0.05, 0) is 53.4 Å². The number of benzene rings is 3. The van der Waals surface area contributed by atoms with Crippen LogP contribution in [0.5, 0.6) is 5.75 Å². The van der Waals surface area contributed by atoms with Gasteiger partial charge in [0.1, 0.15) is 5.75 Å². The molecular weight excluding hydrogens is 443 g/mol. The summed E-state index contributed by atoms with van der Waals surface area (Å²) in [5.74, 6) is -0.395. The van der Waals surface area contributed by atoms with Crippen molar-refractivity contribution < 1.29 is 19.4 Å². The number of rotatable bonds is 8. The van der Waals surface area contributed by atoms with Gasteiger partial charge in [0.25, 0.3) is 0 Å². The molecule has 0 saturated heterocycles. The summed E-state index contributed by atoms with van der Waals surface area (Å²) in [6.07, 6.45) is -0.652. The topological polar surface area (TPSA) is 63.6 Å². The first-order chi connectivity index (χ1) is 15.5. The second-order valence-electron chi connectivity index (χ2n) is 7.46. The van der Waals surface area contributed by atoms with E-state index in [0.717, 1.165) is 32.0 Å². The van der Waals surface area contributed by atoms with E-state index in [1.54, 1.807) is 19.1 Å². The predicted molar refractivity (Wildman–Crippen MR) is 135 cm³/mol. The summed E-state index contributed by atoms with van der Waals surface area (Å²) >= 11 is 1.49. The van der Waals surface area contributed by atoms with Crippen molar-refractivity contribution in [1.82, 2.24) is 0 Å². The summed E-state index contributed by atoms with van der Waals surface area (Å²) < 4.78 is 5.74. The molecule has 162 valence electrons. The van der Waals surface area contributed by atoms with Gasteiger partial charge in [-0.15, -0.1) is 11.3 Å². The molecule has 6 heteroatoms. The van der Waals surface area contributed by atoms with E-state index in [1.165, 1.54) is 11.3 Å². The molecule has 4 aromatic rings. The van der Waals surface area contributed by atoms with Crippen molar-refractivity contribution in [2.24, 2.45) is 0 Å². The Balaban J connectivity index is 0.00000306. The number of Topliss-reactive ketones (excluding diaryl/α,β-unsaturated/α-hetero) is 1. The summed E-state index contributed by atoms with van der Waals surface area (Å²) in [4.78, 5) is 25.0. The fourth-order valence-electron chi connectivity index (χ4n) is 3.41. The molecule has 1 N–H and O–H groups in total. The zero-order valence-electron chi connectivity index (χ0n) is 17.5. The van der Waals surface area contributed by atoms with Crippen molar-refractivity contribution in [2.45, 2.75) is 19.4 Å². The Kier molecular flexibility index (Phi) is 8.64. The van der Waals surface area contributed by atoms with Gasteiger partial charge in [-0.3, -0.25) is 4.79 Å². The van der Waals surface area contributed by atoms with Crippen LogP contribution in [-0.4, -0.2) is 52.5 Å². The van der Waals surface area contributed by atoms with Gasteiger partial charge in [0.05, 0.1) is 4.88 Å². The van der Waals surface area contributed by atoms with Crippen molar-refractivity contribution in [2.75, 3.05) is 0 Å². The molecule has 0 aliphatic heterocycles. The summed E-state index contributed by atoms with van der Waals surface area (Å²) in [7, 11) is 0. The SMILES string of the molecule is CC(=O)c1ccc(-c2ccc(-c3ccc(O[C@@H](Cc4ccccc4)C(=O)O)cc3)cc2)s1.[NaH]. The number of hydrogen-bond donors (Lipinski definition) is 1. The number of thiophene rings is 1. The van der Waals surface area contributed by atoms with Crippen LogP contribution in [0.15, 0.2) is 91.0 Å². The van der Waals surface area contributed by atoms with Crippen molar-refractivity contribution in [1.29, 1.82) is 0 Å². The third kappa shape index (κ3) is 6.42. The Labute approximate surface area is 219 Å². The Morgan fingerprint density at radius 2 is 1.39 bits per heavy atom. The minimum absolute atomic E-state index is 0. The molecule has 33 heavy (non-hydrogen) atoms. The van der Waals surface area contributed by atoms with Gasteiger partial charge in [-0.25, -0.2) is 4.79 Å². The molecule has 4 rings (SSSR count). The van der Waals surface area contributed by atoms with Gasteiger partial charge in [0.2, 0.25) is 0 Å². The maximum atomic E-state index is 11.6. The molecule has 0 fully saturated rings. The molecule has 0 aliphatic carbocycles. The van der Waals surface area contributed by atoms with E-state index in [-0.39, 0.29) is 35.3 Å². The van der Waals surface area contributed by atoms with Crippen LogP contribution in [0.3, 0.4) is 0 Å². The summed E-state index contributed by atoms with van der Waals surface area (Å²) in [6, 6.07) is 28.9. The summed E-state index contributed by atoms with van der Waals surface area (Å²) in [5.41, 5.74) is 4.03. The van der Waals surface area contributed by atoms with E-state index in [0.29, 0.717) is 12.2 Å². The van der Waals surface area contributed by atoms with Crippen LogP contribution in [0.2, 0.25) is 0 Å². The van der Waals surface area contributed by atoms with Crippen LogP contribution in [0, 0.1) is 0 Å². The molecule has 0 aliphatic rings. The van der Waals surface area contributed by atoms with Crippen LogP contribution >= 0.6 is 11.3 Å². The van der Waals surface area contributed by atoms with Crippen LogP contribution in [-0.2, 0) is 11.2 Å². The molecule has 0 unspecified atom stereocenters. The van der Waals surface area contributed by atoms with Crippen molar-refractivity contribution in [3.8, 4) is 27.3 Å². The Morgan fingerprint density at radius 1 is 0.818 bits per heavy atom. The molecule has 1 atom stereocenters. The summed E-state index contributed by atoms with van der Waals surface area (Å²) in [5, 5.41) is 9.54. The van der Waals surface area contributed by atoms with E-state index in [4.69, 9.17) is 4.74 Å². The van der Waals surface area contributed by atoms with E-state index in [9.17, 15) is 14.7 Å². The molecule has 0 amide bonds. The van der Waals surface area contributed by atoms with E-state index in [1.807, 2.05) is 78.9 Å². The van der Waals surface area contributed by atoms with Gasteiger partial charge in [0.15, 0.2) is 11.9 Å². The number of carboxylic acids is 1. The second kappa shape index (κ2) is 11.4. The third-order valence-corrected chi connectivity index (χ3v) is 6.36. The minimum atomic E-state index is -0.991. The van der Waals surface area contributed by atoms with Crippen molar-refractivity contribution >= 4 is 52.6 Å². The van der Waals surface area contributed by atoms with Crippen LogP contribution in [0.1, 0.15) is 22.2 Å². The maximum absolute atomic E-state index is 11.6. The number of aliphatic carboxylic acids is 1. The standard InChI is InChI=1S/C27H22O4S.Na.H/c1-18(28)25-15-16-26(32-25)22-9-7-20(8-10-22)21-11-13-23(14-12-21)31-24(27(29)30)17-19-5-3-2-4-6-19;;/h2-16,24H,17H2,1H3,(H,29,30);;/t24-;;/m0../s1. The summed E-state index contributed by atoms with van der Waals surface area (Å²) in [6.45, 7) is 1.58.